The Kier molecular flexibility index (Phi) is 5.33. The van der Waals surface area contributed by atoms with E-state index >= 15 is 0 Å². The van der Waals surface area contributed by atoms with Gasteiger partial charge in [0, 0.05) is 30.8 Å². The molecule has 1 amide bonds. The zero-order valence-corrected chi connectivity index (χ0v) is 15.4. The lowest BCUT2D eigenvalue weighted by molar-refractivity contribution is -0.121. The minimum Gasteiger partial charge on any atom is -0.439 e. The molecule has 28 heavy (non-hydrogen) atoms. The van der Waals surface area contributed by atoms with Gasteiger partial charge in [-0.05, 0) is 48.1 Å². The molecular formula is C23H21FN2O2. The quantitative estimate of drug-likeness (QED) is 0.675. The molecule has 1 aliphatic carbocycles. The number of aromatic nitrogens is 1. The number of ether oxygens (including phenoxy) is 1. The largest absolute Gasteiger partial charge is 0.439 e. The fourth-order valence-electron chi connectivity index (χ4n) is 3.64. The summed E-state index contributed by atoms with van der Waals surface area (Å²) in [5.74, 6) is 0.629. The SMILES string of the molecule is O=C(CC1CCc2ccccc21)NCc1cccnc1Oc1cccc(F)c1. The van der Waals surface area contributed by atoms with E-state index in [0.29, 0.717) is 24.6 Å². The standard InChI is InChI=1S/C23H21FN2O2/c24-19-7-3-8-20(14-19)28-23-18(6-4-12-25-23)15-26-22(27)13-17-11-10-16-5-1-2-9-21(16)17/h1-9,12,14,17H,10-11,13,15H2,(H,26,27). The van der Waals surface area contributed by atoms with Gasteiger partial charge in [-0.1, -0.05) is 36.4 Å². The Bertz CT molecular complexity index is 990. The van der Waals surface area contributed by atoms with E-state index in [1.54, 1.807) is 24.4 Å². The first-order valence-electron chi connectivity index (χ1n) is 9.41. The van der Waals surface area contributed by atoms with Crippen molar-refractivity contribution in [1.82, 2.24) is 10.3 Å². The Morgan fingerprint density at radius 1 is 1.14 bits per heavy atom. The highest BCUT2D eigenvalue weighted by molar-refractivity contribution is 5.77. The summed E-state index contributed by atoms with van der Waals surface area (Å²) in [5, 5.41) is 2.96. The molecule has 142 valence electrons. The number of fused-ring (bicyclic) bond motifs is 1. The summed E-state index contributed by atoms with van der Waals surface area (Å²) in [6.07, 6.45) is 4.11. The van der Waals surface area contributed by atoms with E-state index < -0.39 is 0 Å². The molecule has 0 fully saturated rings. The third-order valence-corrected chi connectivity index (χ3v) is 5.03. The number of pyridine rings is 1. The van der Waals surface area contributed by atoms with Crippen LogP contribution in [0.1, 0.15) is 35.4 Å². The first-order chi connectivity index (χ1) is 13.7. The van der Waals surface area contributed by atoms with Gasteiger partial charge >= 0.3 is 0 Å². The van der Waals surface area contributed by atoms with Gasteiger partial charge in [0.25, 0.3) is 0 Å². The highest BCUT2D eigenvalue weighted by Gasteiger charge is 2.24. The average molecular weight is 376 g/mol. The van der Waals surface area contributed by atoms with Gasteiger partial charge in [0.05, 0.1) is 0 Å². The lowest BCUT2D eigenvalue weighted by Crippen LogP contribution is -2.24. The predicted molar refractivity (Wildman–Crippen MR) is 105 cm³/mol. The van der Waals surface area contributed by atoms with Crippen molar-refractivity contribution in [3.8, 4) is 11.6 Å². The molecule has 0 saturated carbocycles. The normalized spacial score (nSPS) is 15.1. The van der Waals surface area contributed by atoms with Crippen LogP contribution in [0.25, 0.3) is 0 Å². The molecule has 5 heteroatoms. The monoisotopic (exact) mass is 376 g/mol. The molecule has 0 spiro atoms. The Morgan fingerprint density at radius 2 is 2.04 bits per heavy atom. The summed E-state index contributed by atoms with van der Waals surface area (Å²) in [6, 6.07) is 17.9. The van der Waals surface area contributed by atoms with Gasteiger partial charge in [-0.25, -0.2) is 9.37 Å². The molecule has 1 N–H and O–H groups in total. The van der Waals surface area contributed by atoms with E-state index in [0.717, 1.165) is 18.4 Å². The number of hydrogen-bond donors (Lipinski definition) is 1. The Hall–Kier alpha value is -3.21. The Labute approximate surface area is 163 Å². The number of nitrogens with zero attached hydrogens (tertiary/aromatic N) is 1. The van der Waals surface area contributed by atoms with Crippen LogP contribution in [0.4, 0.5) is 4.39 Å². The van der Waals surface area contributed by atoms with Crippen molar-refractivity contribution in [2.45, 2.75) is 31.7 Å². The number of nitrogens with one attached hydrogen (secondary N) is 1. The van der Waals surface area contributed by atoms with Gasteiger partial charge < -0.3 is 10.1 Å². The molecule has 3 aromatic rings. The molecule has 0 aliphatic heterocycles. The Balaban J connectivity index is 1.38. The van der Waals surface area contributed by atoms with Crippen molar-refractivity contribution in [3.63, 3.8) is 0 Å². The number of aryl methyl sites for hydroxylation is 1. The summed E-state index contributed by atoms with van der Waals surface area (Å²) < 4.78 is 19.1. The van der Waals surface area contributed by atoms with Crippen LogP contribution in [0.3, 0.4) is 0 Å². The highest BCUT2D eigenvalue weighted by Crippen LogP contribution is 2.35. The van der Waals surface area contributed by atoms with Gasteiger partial charge in [-0.3, -0.25) is 4.79 Å². The number of carbonyl (C=O) groups is 1. The molecule has 1 unspecified atom stereocenters. The third-order valence-electron chi connectivity index (χ3n) is 5.03. The van der Waals surface area contributed by atoms with Crippen molar-refractivity contribution < 1.29 is 13.9 Å². The van der Waals surface area contributed by atoms with Gasteiger partial charge in [-0.2, -0.15) is 0 Å². The maximum absolute atomic E-state index is 13.4. The molecule has 4 rings (SSSR count). The van der Waals surface area contributed by atoms with Crippen molar-refractivity contribution in [3.05, 3.63) is 89.4 Å². The average Bonchev–Trinajstić information content (AvgIpc) is 3.10. The van der Waals surface area contributed by atoms with Crippen LogP contribution in [0, 0.1) is 5.82 Å². The number of benzene rings is 2. The second-order valence-corrected chi connectivity index (χ2v) is 6.94. The number of carbonyl (C=O) groups excluding carboxylic acids is 1. The maximum Gasteiger partial charge on any atom is 0.224 e. The first-order valence-corrected chi connectivity index (χ1v) is 9.41. The van der Waals surface area contributed by atoms with Crippen LogP contribution < -0.4 is 10.1 Å². The second-order valence-electron chi connectivity index (χ2n) is 6.94. The van der Waals surface area contributed by atoms with E-state index in [4.69, 9.17) is 4.74 Å². The van der Waals surface area contributed by atoms with Crippen LogP contribution in [0.2, 0.25) is 0 Å². The predicted octanol–water partition coefficient (Wildman–Crippen LogP) is 4.75. The van der Waals surface area contributed by atoms with Gasteiger partial charge in [-0.15, -0.1) is 0 Å². The van der Waals surface area contributed by atoms with E-state index in [1.165, 1.54) is 23.3 Å². The van der Waals surface area contributed by atoms with Crippen molar-refractivity contribution in [2.24, 2.45) is 0 Å². The molecule has 0 bridgehead atoms. The summed E-state index contributed by atoms with van der Waals surface area (Å²) in [4.78, 5) is 16.7. The highest BCUT2D eigenvalue weighted by atomic mass is 19.1. The summed E-state index contributed by atoms with van der Waals surface area (Å²) in [5.41, 5.74) is 3.37. The number of rotatable bonds is 6. The fraction of sp³-hybridized carbons (Fsp3) is 0.217. The zero-order chi connectivity index (χ0) is 19.3. The number of hydrogen-bond acceptors (Lipinski definition) is 3. The van der Waals surface area contributed by atoms with Crippen molar-refractivity contribution >= 4 is 5.91 Å². The van der Waals surface area contributed by atoms with Crippen LogP contribution in [0.15, 0.2) is 66.9 Å². The summed E-state index contributed by atoms with van der Waals surface area (Å²) in [6.45, 7) is 0.311. The van der Waals surface area contributed by atoms with E-state index in [9.17, 15) is 9.18 Å². The zero-order valence-electron chi connectivity index (χ0n) is 15.4. The van der Waals surface area contributed by atoms with E-state index in [1.807, 2.05) is 18.2 Å². The fourth-order valence-corrected chi connectivity index (χ4v) is 3.64. The number of halogens is 1. The molecule has 4 nitrogen and oxygen atoms in total. The van der Waals surface area contributed by atoms with Crippen LogP contribution in [0.5, 0.6) is 11.6 Å². The van der Waals surface area contributed by atoms with Crippen LogP contribution in [-0.2, 0) is 17.8 Å². The third kappa shape index (κ3) is 4.19. The summed E-state index contributed by atoms with van der Waals surface area (Å²) in [7, 11) is 0. The first kappa shape index (κ1) is 18.2. The van der Waals surface area contributed by atoms with Gasteiger partial charge in [0.1, 0.15) is 11.6 Å². The van der Waals surface area contributed by atoms with Crippen molar-refractivity contribution in [2.75, 3.05) is 0 Å². The molecule has 0 radical (unpaired) electrons. The lowest BCUT2D eigenvalue weighted by Gasteiger charge is -2.13. The topological polar surface area (TPSA) is 51.2 Å². The minimum absolute atomic E-state index is 0.00209. The lowest BCUT2D eigenvalue weighted by atomic mass is 9.97. The maximum atomic E-state index is 13.4. The van der Waals surface area contributed by atoms with Crippen LogP contribution >= 0.6 is 0 Å². The molecule has 1 heterocycles. The molecule has 2 aromatic carbocycles. The van der Waals surface area contributed by atoms with Crippen LogP contribution in [-0.4, -0.2) is 10.9 Å². The molecular weight excluding hydrogens is 355 g/mol. The van der Waals surface area contributed by atoms with E-state index in [2.05, 4.69) is 22.4 Å². The van der Waals surface area contributed by atoms with E-state index in [-0.39, 0.29) is 17.6 Å². The molecule has 1 aromatic heterocycles. The summed E-state index contributed by atoms with van der Waals surface area (Å²) >= 11 is 0. The van der Waals surface area contributed by atoms with Gasteiger partial charge in [0.15, 0.2) is 0 Å². The number of amides is 1. The minimum atomic E-state index is -0.375. The molecule has 0 saturated heterocycles. The molecule has 1 aliphatic rings. The molecule has 1 atom stereocenters. The Morgan fingerprint density at radius 3 is 2.93 bits per heavy atom. The smallest absolute Gasteiger partial charge is 0.224 e. The second kappa shape index (κ2) is 8.21. The van der Waals surface area contributed by atoms with Gasteiger partial charge in [0.2, 0.25) is 11.8 Å². The van der Waals surface area contributed by atoms with Crippen molar-refractivity contribution in [1.29, 1.82) is 0 Å².